The van der Waals surface area contributed by atoms with Gasteiger partial charge in [-0.15, -0.1) is 0 Å². The third-order valence-corrected chi connectivity index (χ3v) is 2.46. The Morgan fingerprint density at radius 3 is 2.71 bits per heavy atom. The van der Waals surface area contributed by atoms with Gasteiger partial charge in [0.05, 0.1) is 5.02 Å². The number of aromatic nitrogens is 1. The molecular weight excluding hydrogens is 244 g/mol. The molecular formula is C11H15ClN2O3. The number of rotatable bonds is 7. The maximum absolute atomic E-state index is 11.5. The highest BCUT2D eigenvalue weighted by atomic mass is 35.5. The smallest absolute Gasteiger partial charge is 0.303 e. The first-order chi connectivity index (χ1) is 8.09. The molecule has 0 saturated carbocycles. The van der Waals surface area contributed by atoms with Crippen molar-refractivity contribution in [3.63, 3.8) is 0 Å². The molecule has 5 nitrogen and oxygen atoms in total. The molecule has 94 valence electrons. The number of carbonyl (C=O) groups excluding carboxylic acids is 1. The van der Waals surface area contributed by atoms with Gasteiger partial charge in [-0.25, -0.2) is 0 Å². The Labute approximate surface area is 104 Å². The minimum atomic E-state index is -0.782. The average Bonchev–Trinajstić information content (AvgIpc) is 2.69. The second kappa shape index (κ2) is 6.96. The number of H-pyrrole nitrogens is 1. The van der Waals surface area contributed by atoms with Gasteiger partial charge in [0.2, 0.25) is 0 Å². The van der Waals surface area contributed by atoms with Crippen LogP contribution in [0.2, 0.25) is 5.02 Å². The molecule has 0 aliphatic heterocycles. The van der Waals surface area contributed by atoms with Crippen LogP contribution in [0.3, 0.4) is 0 Å². The van der Waals surface area contributed by atoms with E-state index in [1.54, 1.807) is 12.3 Å². The zero-order valence-electron chi connectivity index (χ0n) is 9.33. The number of carbonyl (C=O) groups is 2. The molecule has 0 aromatic carbocycles. The first-order valence-corrected chi connectivity index (χ1v) is 5.81. The molecule has 0 fully saturated rings. The predicted octanol–water partition coefficient (Wildman–Crippen LogP) is 2.04. The van der Waals surface area contributed by atoms with Gasteiger partial charge in [0.1, 0.15) is 5.69 Å². The van der Waals surface area contributed by atoms with E-state index in [0.717, 1.165) is 12.8 Å². The third-order valence-electron chi connectivity index (χ3n) is 2.25. The topological polar surface area (TPSA) is 82.2 Å². The Morgan fingerprint density at radius 2 is 2.12 bits per heavy atom. The fourth-order valence-electron chi connectivity index (χ4n) is 1.37. The molecule has 1 heterocycles. The van der Waals surface area contributed by atoms with E-state index in [2.05, 4.69) is 10.3 Å². The molecule has 1 aromatic heterocycles. The summed E-state index contributed by atoms with van der Waals surface area (Å²) < 4.78 is 0. The molecule has 1 rings (SSSR count). The third kappa shape index (κ3) is 5.40. The molecule has 1 aromatic rings. The zero-order chi connectivity index (χ0) is 12.7. The lowest BCUT2D eigenvalue weighted by Gasteiger charge is -2.02. The number of nitrogens with one attached hydrogen (secondary N) is 2. The summed E-state index contributed by atoms with van der Waals surface area (Å²) in [5, 5.41) is 11.6. The van der Waals surface area contributed by atoms with Crippen LogP contribution < -0.4 is 5.32 Å². The Morgan fingerprint density at radius 1 is 1.35 bits per heavy atom. The highest BCUT2D eigenvalue weighted by Gasteiger charge is 2.06. The van der Waals surface area contributed by atoms with Gasteiger partial charge in [0.15, 0.2) is 0 Å². The molecule has 0 radical (unpaired) electrons. The van der Waals surface area contributed by atoms with Gasteiger partial charge in [0.25, 0.3) is 5.91 Å². The van der Waals surface area contributed by atoms with Gasteiger partial charge in [-0.1, -0.05) is 18.0 Å². The molecule has 0 spiro atoms. The standard InChI is InChI=1S/C11H15ClN2O3/c12-8-6-9(14-7-8)11(17)13-5-3-1-2-4-10(15)16/h6-7,14H,1-5H2,(H,13,17)(H,15,16). The first-order valence-electron chi connectivity index (χ1n) is 5.43. The van der Waals surface area contributed by atoms with E-state index < -0.39 is 5.97 Å². The summed E-state index contributed by atoms with van der Waals surface area (Å²) in [6, 6.07) is 1.56. The van der Waals surface area contributed by atoms with Crippen LogP contribution >= 0.6 is 11.6 Å². The monoisotopic (exact) mass is 258 g/mol. The fourth-order valence-corrected chi connectivity index (χ4v) is 1.54. The second-order valence-corrected chi connectivity index (χ2v) is 4.13. The van der Waals surface area contributed by atoms with Crippen molar-refractivity contribution in [3.05, 3.63) is 23.0 Å². The Kier molecular flexibility index (Phi) is 5.56. The molecule has 3 N–H and O–H groups in total. The normalized spacial score (nSPS) is 10.2. The fraction of sp³-hybridized carbons (Fsp3) is 0.455. The first kappa shape index (κ1) is 13.6. The number of carboxylic acid groups (broad SMARTS) is 1. The van der Waals surface area contributed by atoms with Crippen LogP contribution in [-0.4, -0.2) is 28.5 Å². The van der Waals surface area contributed by atoms with Gasteiger partial charge >= 0.3 is 5.97 Å². The maximum atomic E-state index is 11.5. The van der Waals surface area contributed by atoms with Crippen molar-refractivity contribution in [2.75, 3.05) is 6.54 Å². The quantitative estimate of drug-likeness (QED) is 0.655. The number of carboxylic acids is 1. The zero-order valence-corrected chi connectivity index (χ0v) is 10.1. The maximum Gasteiger partial charge on any atom is 0.303 e. The van der Waals surface area contributed by atoms with Crippen LogP contribution in [0.5, 0.6) is 0 Å². The minimum absolute atomic E-state index is 0.181. The molecule has 0 unspecified atom stereocenters. The van der Waals surface area contributed by atoms with Crippen LogP contribution in [0.4, 0.5) is 0 Å². The largest absolute Gasteiger partial charge is 0.481 e. The Bertz CT molecular complexity index is 390. The molecule has 1 amide bonds. The van der Waals surface area contributed by atoms with E-state index in [4.69, 9.17) is 16.7 Å². The minimum Gasteiger partial charge on any atom is -0.481 e. The highest BCUT2D eigenvalue weighted by Crippen LogP contribution is 2.09. The van der Waals surface area contributed by atoms with Crippen LogP contribution in [0.1, 0.15) is 36.2 Å². The van der Waals surface area contributed by atoms with Crippen molar-refractivity contribution in [2.45, 2.75) is 25.7 Å². The highest BCUT2D eigenvalue weighted by molar-refractivity contribution is 6.30. The van der Waals surface area contributed by atoms with Crippen molar-refractivity contribution in [1.82, 2.24) is 10.3 Å². The summed E-state index contributed by atoms with van der Waals surface area (Å²) in [6.07, 6.45) is 3.93. The predicted molar refractivity (Wildman–Crippen MR) is 64.2 cm³/mol. The Hall–Kier alpha value is -1.49. The molecule has 0 aliphatic rings. The van der Waals surface area contributed by atoms with Gasteiger partial charge in [0, 0.05) is 19.2 Å². The van der Waals surface area contributed by atoms with Crippen molar-refractivity contribution < 1.29 is 14.7 Å². The van der Waals surface area contributed by atoms with E-state index in [1.807, 2.05) is 0 Å². The number of hydrogen-bond acceptors (Lipinski definition) is 2. The van der Waals surface area contributed by atoms with E-state index in [9.17, 15) is 9.59 Å². The number of aliphatic carboxylic acids is 1. The summed E-state index contributed by atoms with van der Waals surface area (Å²) in [5.41, 5.74) is 0.431. The van der Waals surface area contributed by atoms with Crippen LogP contribution in [0, 0.1) is 0 Å². The summed E-state index contributed by atoms with van der Waals surface area (Å²) in [5.74, 6) is -0.981. The lowest BCUT2D eigenvalue weighted by Crippen LogP contribution is -2.24. The summed E-state index contributed by atoms with van der Waals surface area (Å²) >= 11 is 5.67. The lowest BCUT2D eigenvalue weighted by molar-refractivity contribution is -0.137. The van der Waals surface area contributed by atoms with Crippen LogP contribution in [0.15, 0.2) is 12.3 Å². The van der Waals surface area contributed by atoms with Crippen LogP contribution in [0.25, 0.3) is 0 Å². The number of halogens is 1. The van der Waals surface area contributed by atoms with Crippen LogP contribution in [-0.2, 0) is 4.79 Å². The van der Waals surface area contributed by atoms with E-state index in [-0.39, 0.29) is 12.3 Å². The molecule has 0 saturated heterocycles. The van der Waals surface area contributed by atoms with Gasteiger partial charge in [-0.3, -0.25) is 9.59 Å². The van der Waals surface area contributed by atoms with Crippen molar-refractivity contribution in [2.24, 2.45) is 0 Å². The molecule has 0 bridgehead atoms. The SMILES string of the molecule is O=C(O)CCCCCNC(=O)c1cc(Cl)c[nH]1. The molecule has 0 aliphatic carbocycles. The number of aromatic amines is 1. The van der Waals surface area contributed by atoms with Crippen molar-refractivity contribution in [3.8, 4) is 0 Å². The molecule has 6 heteroatoms. The van der Waals surface area contributed by atoms with Gasteiger partial charge in [-0.05, 0) is 18.9 Å². The van der Waals surface area contributed by atoms with Gasteiger partial charge < -0.3 is 15.4 Å². The average molecular weight is 259 g/mol. The van der Waals surface area contributed by atoms with E-state index >= 15 is 0 Å². The van der Waals surface area contributed by atoms with Gasteiger partial charge in [-0.2, -0.15) is 0 Å². The van der Waals surface area contributed by atoms with E-state index in [0.29, 0.717) is 23.7 Å². The number of amides is 1. The van der Waals surface area contributed by atoms with Crippen molar-refractivity contribution >= 4 is 23.5 Å². The summed E-state index contributed by atoms with van der Waals surface area (Å²) in [6.45, 7) is 0.537. The molecule has 17 heavy (non-hydrogen) atoms. The summed E-state index contributed by atoms with van der Waals surface area (Å²) in [7, 11) is 0. The second-order valence-electron chi connectivity index (χ2n) is 3.69. The Balaban J connectivity index is 2.11. The number of hydrogen-bond donors (Lipinski definition) is 3. The number of unbranched alkanes of at least 4 members (excludes halogenated alkanes) is 2. The summed E-state index contributed by atoms with van der Waals surface area (Å²) in [4.78, 5) is 24.5. The van der Waals surface area contributed by atoms with Crippen molar-refractivity contribution in [1.29, 1.82) is 0 Å². The molecule has 0 atom stereocenters. The van der Waals surface area contributed by atoms with E-state index in [1.165, 1.54) is 0 Å². The lowest BCUT2D eigenvalue weighted by atomic mass is 10.2.